The molecule has 0 spiro atoms. The van der Waals surface area contributed by atoms with Crippen LogP contribution in [-0.2, 0) is 32.0 Å². The Morgan fingerprint density at radius 2 is 1.54 bits per heavy atom. The zero-order valence-corrected chi connectivity index (χ0v) is 22.4. The molecule has 2 aromatic carbocycles. The number of carbonyl (C=O) groups excluding carboxylic acids is 3. The summed E-state index contributed by atoms with van der Waals surface area (Å²) in [5.74, 6) is -2.31. The Bertz CT molecular complexity index is 1120. The molecule has 2 amide bonds. The van der Waals surface area contributed by atoms with Gasteiger partial charge in [0.25, 0.3) is 0 Å². The first-order valence-corrected chi connectivity index (χ1v) is 14.1. The second-order valence-corrected chi connectivity index (χ2v) is 10.8. The molecule has 8 heteroatoms. The first-order chi connectivity index (χ1) is 18.9. The predicted molar refractivity (Wildman–Crippen MR) is 148 cm³/mol. The van der Waals surface area contributed by atoms with E-state index in [1.54, 1.807) is 4.90 Å². The molecular formula is C31H39N3O5. The van der Waals surface area contributed by atoms with Crippen LogP contribution < -0.4 is 10.6 Å². The number of rotatable bonds is 12. The Morgan fingerprint density at radius 1 is 0.872 bits per heavy atom. The third kappa shape index (κ3) is 8.23. The molecule has 8 nitrogen and oxygen atoms in total. The number of nitrogens with zero attached hydrogens (tertiary/aromatic N) is 1. The summed E-state index contributed by atoms with van der Waals surface area (Å²) in [5.41, 5.74) is 1.84. The minimum Gasteiger partial charge on any atom is -0.481 e. The number of benzene rings is 2. The van der Waals surface area contributed by atoms with Gasteiger partial charge in [-0.2, -0.15) is 0 Å². The minimum absolute atomic E-state index is 0.0201. The van der Waals surface area contributed by atoms with Gasteiger partial charge in [-0.3, -0.25) is 19.2 Å². The number of carboxylic acids is 1. The second-order valence-electron chi connectivity index (χ2n) is 10.8. The molecule has 0 radical (unpaired) electrons. The first kappa shape index (κ1) is 28.5. The summed E-state index contributed by atoms with van der Waals surface area (Å²) >= 11 is 0. The molecule has 4 rings (SSSR count). The largest absolute Gasteiger partial charge is 0.481 e. The number of aliphatic carboxylic acids is 1. The Kier molecular flexibility index (Phi) is 10.3. The highest BCUT2D eigenvalue weighted by Gasteiger charge is 2.37. The van der Waals surface area contributed by atoms with Crippen LogP contribution in [0.2, 0.25) is 0 Å². The lowest BCUT2D eigenvalue weighted by molar-refractivity contribution is -0.144. The summed E-state index contributed by atoms with van der Waals surface area (Å²) in [4.78, 5) is 53.6. The monoisotopic (exact) mass is 533 g/mol. The van der Waals surface area contributed by atoms with Crippen LogP contribution in [0.5, 0.6) is 0 Å². The highest BCUT2D eigenvalue weighted by Crippen LogP contribution is 2.22. The molecule has 2 fully saturated rings. The lowest BCUT2D eigenvalue weighted by Crippen LogP contribution is -2.57. The molecule has 0 saturated carbocycles. The molecule has 39 heavy (non-hydrogen) atoms. The number of piperidine rings is 1. The van der Waals surface area contributed by atoms with Crippen molar-refractivity contribution in [1.82, 2.24) is 15.5 Å². The van der Waals surface area contributed by atoms with E-state index in [1.165, 1.54) is 0 Å². The molecule has 2 aliphatic heterocycles. The van der Waals surface area contributed by atoms with Gasteiger partial charge in [0.1, 0.15) is 11.8 Å². The molecular weight excluding hydrogens is 494 g/mol. The van der Waals surface area contributed by atoms with E-state index < -0.39 is 24.0 Å². The molecule has 0 bridgehead atoms. The van der Waals surface area contributed by atoms with E-state index in [4.69, 9.17) is 0 Å². The number of likely N-dealkylation sites (tertiary alicyclic amines) is 1. The van der Waals surface area contributed by atoms with Crippen LogP contribution in [0.25, 0.3) is 0 Å². The van der Waals surface area contributed by atoms with Gasteiger partial charge in [0.15, 0.2) is 0 Å². The summed E-state index contributed by atoms with van der Waals surface area (Å²) in [7, 11) is 0. The van der Waals surface area contributed by atoms with E-state index in [0.717, 1.165) is 43.4 Å². The van der Waals surface area contributed by atoms with Gasteiger partial charge in [-0.05, 0) is 62.6 Å². The van der Waals surface area contributed by atoms with Gasteiger partial charge in [-0.25, -0.2) is 0 Å². The Morgan fingerprint density at radius 3 is 2.15 bits per heavy atom. The number of nitrogens with one attached hydrogen (secondary N) is 2. The molecule has 3 N–H and O–H groups in total. The fourth-order valence-corrected chi connectivity index (χ4v) is 5.71. The fourth-order valence-electron chi connectivity index (χ4n) is 5.71. The van der Waals surface area contributed by atoms with Gasteiger partial charge >= 0.3 is 5.97 Å². The van der Waals surface area contributed by atoms with E-state index in [-0.39, 0.29) is 42.9 Å². The number of amides is 2. The number of carboxylic acid groups (broad SMARTS) is 1. The number of carbonyl (C=O) groups is 4. The Labute approximate surface area is 230 Å². The highest BCUT2D eigenvalue weighted by atomic mass is 16.4. The van der Waals surface area contributed by atoms with Crippen LogP contribution in [0.4, 0.5) is 0 Å². The molecule has 4 atom stereocenters. The van der Waals surface area contributed by atoms with Crippen molar-refractivity contribution in [2.75, 3.05) is 13.1 Å². The lowest BCUT2D eigenvalue weighted by Gasteiger charge is -2.37. The number of ketones is 1. The quantitative estimate of drug-likeness (QED) is 0.386. The van der Waals surface area contributed by atoms with Crippen LogP contribution in [0.15, 0.2) is 60.7 Å². The van der Waals surface area contributed by atoms with Gasteiger partial charge in [0.2, 0.25) is 11.8 Å². The van der Waals surface area contributed by atoms with Crippen LogP contribution in [-0.4, -0.2) is 64.8 Å². The summed E-state index contributed by atoms with van der Waals surface area (Å²) in [6.07, 6.45) is 4.69. The number of Topliss-reactive ketones (excluding diaryl/α,β-unsaturated/α-hetero) is 1. The van der Waals surface area contributed by atoms with Gasteiger partial charge < -0.3 is 20.6 Å². The molecule has 208 valence electrons. The molecule has 2 aliphatic rings. The third-order valence-corrected chi connectivity index (χ3v) is 7.74. The van der Waals surface area contributed by atoms with Crippen molar-refractivity contribution in [1.29, 1.82) is 0 Å². The standard InChI is InChI=1S/C31H39N3O5/c35-26(20-24(31(38)39)18-22-10-3-1-4-11-22)21-25(19-23-12-5-2-6-13-23)33-29(36)28-15-7-8-17-34(28)30(37)27-14-9-16-32-27/h1-6,10-13,24-25,27-28,32H,7-9,14-21H2,(H,33,36)(H,38,39). The van der Waals surface area contributed by atoms with Crippen molar-refractivity contribution in [2.45, 2.75) is 75.9 Å². The molecule has 2 aromatic rings. The normalized spacial score (nSPS) is 20.7. The van der Waals surface area contributed by atoms with Crippen molar-refractivity contribution < 1.29 is 24.3 Å². The van der Waals surface area contributed by atoms with Gasteiger partial charge in [-0.15, -0.1) is 0 Å². The summed E-state index contributed by atoms with van der Waals surface area (Å²) < 4.78 is 0. The third-order valence-electron chi connectivity index (χ3n) is 7.74. The van der Waals surface area contributed by atoms with Crippen LogP contribution in [0.1, 0.15) is 56.1 Å². The smallest absolute Gasteiger partial charge is 0.307 e. The minimum atomic E-state index is -1.01. The second kappa shape index (κ2) is 14.0. The van der Waals surface area contributed by atoms with Crippen molar-refractivity contribution in [3.63, 3.8) is 0 Å². The maximum absolute atomic E-state index is 13.6. The van der Waals surface area contributed by atoms with Crippen LogP contribution in [0.3, 0.4) is 0 Å². The highest BCUT2D eigenvalue weighted by molar-refractivity contribution is 5.91. The van der Waals surface area contributed by atoms with Crippen LogP contribution >= 0.6 is 0 Å². The van der Waals surface area contributed by atoms with E-state index in [2.05, 4.69) is 10.6 Å². The Hall–Kier alpha value is -3.52. The summed E-state index contributed by atoms with van der Waals surface area (Å²) in [6, 6.07) is 17.6. The van der Waals surface area contributed by atoms with Gasteiger partial charge in [-0.1, -0.05) is 60.7 Å². The van der Waals surface area contributed by atoms with Crippen molar-refractivity contribution >= 4 is 23.6 Å². The predicted octanol–water partition coefficient (Wildman–Crippen LogP) is 3.14. The fraction of sp³-hybridized carbons (Fsp3) is 0.484. The van der Waals surface area contributed by atoms with Gasteiger partial charge in [0, 0.05) is 25.4 Å². The first-order valence-electron chi connectivity index (χ1n) is 14.1. The van der Waals surface area contributed by atoms with E-state index >= 15 is 0 Å². The average Bonchev–Trinajstić information content (AvgIpc) is 3.48. The molecule has 2 heterocycles. The van der Waals surface area contributed by atoms with E-state index in [9.17, 15) is 24.3 Å². The van der Waals surface area contributed by atoms with Crippen LogP contribution in [0, 0.1) is 5.92 Å². The van der Waals surface area contributed by atoms with Crippen molar-refractivity contribution in [3.8, 4) is 0 Å². The van der Waals surface area contributed by atoms with E-state index in [0.29, 0.717) is 19.4 Å². The molecule has 4 unspecified atom stereocenters. The van der Waals surface area contributed by atoms with E-state index in [1.807, 2.05) is 60.7 Å². The lowest BCUT2D eigenvalue weighted by atomic mass is 9.91. The molecule has 2 saturated heterocycles. The zero-order chi connectivity index (χ0) is 27.6. The van der Waals surface area contributed by atoms with Crippen molar-refractivity contribution in [2.24, 2.45) is 5.92 Å². The summed E-state index contributed by atoms with van der Waals surface area (Å²) in [5, 5.41) is 16.1. The molecule has 0 aromatic heterocycles. The Balaban J connectivity index is 1.44. The number of hydrogen-bond acceptors (Lipinski definition) is 5. The maximum atomic E-state index is 13.6. The van der Waals surface area contributed by atoms with Crippen molar-refractivity contribution in [3.05, 3.63) is 71.8 Å². The average molecular weight is 534 g/mol. The summed E-state index contributed by atoms with van der Waals surface area (Å²) in [6.45, 7) is 1.36. The topological polar surface area (TPSA) is 116 Å². The SMILES string of the molecule is O=C(CC(Cc1ccccc1)NC(=O)C1CCCCN1C(=O)C1CCCN1)CC(Cc1ccccc1)C(=O)O. The van der Waals surface area contributed by atoms with Gasteiger partial charge in [0.05, 0.1) is 12.0 Å². The maximum Gasteiger partial charge on any atom is 0.307 e. The zero-order valence-electron chi connectivity index (χ0n) is 22.4. The molecule has 0 aliphatic carbocycles. The number of hydrogen-bond donors (Lipinski definition) is 3.